The predicted octanol–water partition coefficient (Wildman–Crippen LogP) is 5.62. The summed E-state index contributed by atoms with van der Waals surface area (Å²) in [6.07, 6.45) is 1.89. The van der Waals surface area contributed by atoms with E-state index in [0.29, 0.717) is 11.8 Å². The number of aryl methyl sites for hydroxylation is 1. The van der Waals surface area contributed by atoms with Gasteiger partial charge >= 0.3 is 0 Å². The van der Waals surface area contributed by atoms with Crippen molar-refractivity contribution in [2.45, 2.75) is 32.1 Å². The Morgan fingerprint density at radius 1 is 1.09 bits per heavy atom. The number of likely N-dealkylation sites (tertiary alicyclic amines) is 1. The first-order chi connectivity index (χ1) is 16.4. The van der Waals surface area contributed by atoms with Gasteiger partial charge in [-0.15, -0.1) is 0 Å². The largest absolute Gasteiger partial charge is 0.341 e. The lowest BCUT2D eigenvalue weighted by molar-refractivity contribution is -0.134. The number of aromatic nitrogens is 2. The van der Waals surface area contributed by atoms with E-state index >= 15 is 0 Å². The summed E-state index contributed by atoms with van der Waals surface area (Å²) in [6.45, 7) is 7.69. The molecule has 4 aromatic rings. The van der Waals surface area contributed by atoms with Gasteiger partial charge in [-0.25, -0.2) is 9.07 Å². The molecule has 3 aromatic carbocycles. The Hall–Kier alpha value is -3.47. The number of carbonyl (C=O) groups is 1. The van der Waals surface area contributed by atoms with Crippen molar-refractivity contribution in [3.8, 4) is 5.69 Å². The summed E-state index contributed by atoms with van der Waals surface area (Å²) in [5.41, 5.74) is 5.65. The number of piperidine rings is 1. The first-order valence-corrected chi connectivity index (χ1v) is 12.0. The summed E-state index contributed by atoms with van der Waals surface area (Å²) in [6, 6.07) is 21.6. The second-order valence-corrected chi connectivity index (χ2v) is 10.2. The number of benzene rings is 3. The van der Waals surface area contributed by atoms with Crippen molar-refractivity contribution in [2.24, 2.45) is 11.8 Å². The molecule has 6 rings (SSSR count). The number of amides is 1. The van der Waals surface area contributed by atoms with Gasteiger partial charge in [0.15, 0.2) is 0 Å². The highest BCUT2D eigenvalue weighted by Crippen LogP contribution is 2.69. The summed E-state index contributed by atoms with van der Waals surface area (Å²) >= 11 is 0. The maximum absolute atomic E-state index is 13.4. The highest BCUT2D eigenvalue weighted by Gasteiger charge is 2.70. The molecule has 34 heavy (non-hydrogen) atoms. The van der Waals surface area contributed by atoms with Crippen molar-refractivity contribution in [3.63, 3.8) is 0 Å². The molecule has 1 aliphatic heterocycles. The van der Waals surface area contributed by atoms with Gasteiger partial charge in [0.25, 0.3) is 0 Å². The molecular weight excluding hydrogens is 425 g/mol. The summed E-state index contributed by atoms with van der Waals surface area (Å²) in [5, 5.41) is 5.67. The number of nitrogens with zero attached hydrogens (tertiary/aromatic N) is 3. The lowest BCUT2D eigenvalue weighted by Crippen LogP contribution is -2.37. The lowest BCUT2D eigenvalue weighted by Gasteiger charge is -2.27. The first-order valence-electron chi connectivity index (χ1n) is 12.0. The third kappa shape index (κ3) is 3.03. The van der Waals surface area contributed by atoms with E-state index in [1.54, 1.807) is 12.1 Å². The van der Waals surface area contributed by atoms with Crippen LogP contribution in [0.25, 0.3) is 16.6 Å². The molecular formula is C29H28FN3O. The number of hydrogen-bond acceptors (Lipinski definition) is 2. The van der Waals surface area contributed by atoms with Gasteiger partial charge < -0.3 is 4.90 Å². The highest BCUT2D eigenvalue weighted by molar-refractivity contribution is 5.84. The van der Waals surface area contributed by atoms with Crippen molar-refractivity contribution in [2.75, 3.05) is 13.1 Å². The molecule has 4 nitrogen and oxygen atoms in total. The first kappa shape index (κ1) is 21.1. The van der Waals surface area contributed by atoms with Gasteiger partial charge in [0.1, 0.15) is 5.82 Å². The summed E-state index contributed by atoms with van der Waals surface area (Å²) in [5.74, 6) is 0.809. The smallest absolute Gasteiger partial charge is 0.225 e. The van der Waals surface area contributed by atoms with Crippen LogP contribution in [0, 0.1) is 24.6 Å². The van der Waals surface area contributed by atoms with Gasteiger partial charge in [0.2, 0.25) is 5.91 Å². The van der Waals surface area contributed by atoms with Crippen molar-refractivity contribution >= 4 is 16.8 Å². The maximum atomic E-state index is 13.4. The minimum Gasteiger partial charge on any atom is -0.341 e. The fourth-order valence-electron chi connectivity index (χ4n) is 6.26. The molecule has 1 saturated heterocycles. The Bertz CT molecular complexity index is 1390. The Morgan fingerprint density at radius 2 is 1.82 bits per heavy atom. The van der Waals surface area contributed by atoms with Crippen molar-refractivity contribution in [1.29, 1.82) is 0 Å². The molecule has 1 aromatic heterocycles. The normalized spacial score (nSPS) is 23.5. The number of halogens is 1. The third-order valence-corrected chi connectivity index (χ3v) is 7.83. The van der Waals surface area contributed by atoms with Crippen molar-refractivity contribution < 1.29 is 9.18 Å². The monoisotopic (exact) mass is 453 g/mol. The fourth-order valence-corrected chi connectivity index (χ4v) is 6.26. The Labute approximate surface area is 199 Å². The van der Waals surface area contributed by atoms with E-state index in [0.717, 1.165) is 29.7 Å². The molecule has 2 aliphatic rings. The number of fused-ring (bicyclic) bond motifs is 2. The maximum Gasteiger partial charge on any atom is 0.225 e. The van der Waals surface area contributed by atoms with Crippen LogP contribution in [0.5, 0.6) is 0 Å². The Kier molecular flexibility index (Phi) is 4.67. The van der Waals surface area contributed by atoms with Gasteiger partial charge in [0.05, 0.1) is 17.4 Å². The van der Waals surface area contributed by atoms with Crippen LogP contribution in [-0.4, -0.2) is 33.7 Å². The van der Waals surface area contributed by atoms with Crippen molar-refractivity contribution in [3.05, 3.63) is 95.4 Å². The average Bonchev–Trinajstić information content (AvgIpc) is 3.10. The molecule has 2 fully saturated rings. The molecule has 0 spiro atoms. The summed E-state index contributed by atoms with van der Waals surface area (Å²) < 4.78 is 15.3. The van der Waals surface area contributed by atoms with Gasteiger partial charge in [0, 0.05) is 35.7 Å². The Morgan fingerprint density at radius 3 is 2.53 bits per heavy atom. The zero-order valence-electron chi connectivity index (χ0n) is 19.7. The molecule has 0 N–H and O–H groups in total. The van der Waals surface area contributed by atoms with Crippen LogP contribution < -0.4 is 0 Å². The highest BCUT2D eigenvalue weighted by atomic mass is 19.1. The fraction of sp³-hybridized carbons (Fsp3) is 0.310. The van der Waals surface area contributed by atoms with Gasteiger partial charge in [-0.2, -0.15) is 5.10 Å². The van der Waals surface area contributed by atoms with Crippen LogP contribution in [0.4, 0.5) is 4.39 Å². The van der Waals surface area contributed by atoms with E-state index in [9.17, 15) is 9.18 Å². The lowest BCUT2D eigenvalue weighted by atomic mass is 9.86. The zero-order chi connectivity index (χ0) is 23.6. The quantitative estimate of drug-likeness (QED) is 0.402. The van der Waals surface area contributed by atoms with E-state index in [-0.39, 0.29) is 23.1 Å². The number of carbonyl (C=O) groups excluding carboxylic acids is 1. The molecule has 172 valence electrons. The van der Waals surface area contributed by atoms with E-state index in [2.05, 4.69) is 59.4 Å². The van der Waals surface area contributed by atoms with Gasteiger partial charge in [-0.3, -0.25) is 4.79 Å². The second-order valence-electron chi connectivity index (χ2n) is 10.2. The average molecular weight is 454 g/mol. The summed E-state index contributed by atoms with van der Waals surface area (Å²) in [7, 11) is 0. The van der Waals surface area contributed by atoms with E-state index < -0.39 is 0 Å². The molecule has 0 radical (unpaired) electrons. The van der Waals surface area contributed by atoms with Gasteiger partial charge in [-0.1, -0.05) is 44.2 Å². The molecule has 1 amide bonds. The minimum absolute atomic E-state index is 0.00208. The van der Waals surface area contributed by atoms with E-state index in [1.807, 2.05) is 24.7 Å². The van der Waals surface area contributed by atoms with E-state index in [1.165, 1.54) is 28.8 Å². The molecule has 1 aliphatic carbocycles. The van der Waals surface area contributed by atoms with Crippen LogP contribution in [0.3, 0.4) is 0 Å². The standard InChI is InChI=1S/C29H28FN3O/c1-18(2)28(34)32-16-25-27(20-7-5-4-6-8-20)29(25,17-32)24-14-21-15-31-33(26(21)13-19(24)3)23-11-9-22(30)10-12-23/h4-15,18,25,27H,16-17H2,1-3H3/t25-,27-,29+/m0/s1. The van der Waals surface area contributed by atoms with Crippen LogP contribution in [0.15, 0.2) is 72.9 Å². The van der Waals surface area contributed by atoms with Crippen LogP contribution in [-0.2, 0) is 10.2 Å². The van der Waals surface area contributed by atoms with Gasteiger partial charge in [-0.05, 0) is 65.9 Å². The number of hydrogen-bond donors (Lipinski definition) is 0. The second kappa shape index (κ2) is 7.52. The topological polar surface area (TPSA) is 38.1 Å². The third-order valence-electron chi connectivity index (χ3n) is 7.83. The number of rotatable bonds is 4. The summed E-state index contributed by atoms with van der Waals surface area (Å²) in [4.78, 5) is 15.0. The van der Waals surface area contributed by atoms with E-state index in [4.69, 9.17) is 0 Å². The Balaban J connectivity index is 1.45. The van der Waals surface area contributed by atoms with Crippen LogP contribution >= 0.6 is 0 Å². The molecule has 1 saturated carbocycles. The van der Waals surface area contributed by atoms with Crippen molar-refractivity contribution in [1.82, 2.24) is 14.7 Å². The van der Waals surface area contributed by atoms with Crippen LogP contribution in [0.2, 0.25) is 0 Å². The molecule has 3 atom stereocenters. The molecule has 0 unspecified atom stereocenters. The molecule has 0 bridgehead atoms. The van der Waals surface area contributed by atoms with Crippen LogP contribution in [0.1, 0.15) is 36.5 Å². The molecule has 2 heterocycles. The minimum atomic E-state index is -0.258. The SMILES string of the molecule is Cc1cc2c(cnn2-c2ccc(F)cc2)cc1[C@]12CN(C(=O)C(C)C)C[C@H]1[C@@H]2c1ccccc1. The molecule has 5 heteroatoms. The predicted molar refractivity (Wildman–Crippen MR) is 132 cm³/mol. The zero-order valence-corrected chi connectivity index (χ0v) is 19.7.